The number of halogens is 1. The van der Waals surface area contributed by atoms with Crippen molar-refractivity contribution in [1.82, 2.24) is 0 Å². The molecule has 0 saturated heterocycles. The van der Waals surface area contributed by atoms with Gasteiger partial charge in [-0.2, -0.15) is 0 Å². The normalized spacial score (nSPS) is 12.5. The van der Waals surface area contributed by atoms with Gasteiger partial charge in [-0.3, -0.25) is 10.1 Å². The molecule has 3 N–H and O–H groups in total. The number of aliphatic hydroxyl groups is 1. The third-order valence-electron chi connectivity index (χ3n) is 2.13. The summed E-state index contributed by atoms with van der Waals surface area (Å²) in [6, 6.07) is 4.22. The Balaban J connectivity index is 3.22. The zero-order valence-electron chi connectivity index (χ0n) is 7.89. The molecular weight excluding hydrogens is 220 g/mol. The fourth-order valence-electron chi connectivity index (χ4n) is 1.32. The highest BCUT2D eigenvalue weighted by atomic mass is 35.5. The van der Waals surface area contributed by atoms with Crippen LogP contribution in [0.2, 0.25) is 5.02 Å². The first-order chi connectivity index (χ1) is 7.10. The molecule has 82 valence electrons. The highest BCUT2D eigenvalue weighted by molar-refractivity contribution is 6.30. The van der Waals surface area contributed by atoms with E-state index in [1.807, 2.05) is 0 Å². The molecule has 0 aliphatic carbocycles. The molecule has 0 fully saturated rings. The zero-order chi connectivity index (χ0) is 11.4. The predicted octanol–water partition coefficient (Wildman–Crippen LogP) is 1.28. The SMILES string of the molecule is NCC(CO)c1cc(Cl)ccc1[N+](=O)[O-]. The average Bonchev–Trinajstić information content (AvgIpc) is 2.19. The molecule has 0 heterocycles. The number of nitro benzene ring substituents is 1. The van der Waals surface area contributed by atoms with Gasteiger partial charge in [0.05, 0.1) is 11.5 Å². The number of rotatable bonds is 4. The van der Waals surface area contributed by atoms with Gasteiger partial charge >= 0.3 is 0 Å². The lowest BCUT2D eigenvalue weighted by atomic mass is 9.98. The Morgan fingerprint density at radius 1 is 1.60 bits per heavy atom. The minimum Gasteiger partial charge on any atom is -0.396 e. The Bertz CT molecular complexity index is 366. The van der Waals surface area contributed by atoms with E-state index in [1.54, 1.807) is 0 Å². The second kappa shape index (κ2) is 5.06. The van der Waals surface area contributed by atoms with Crippen LogP contribution in [0.4, 0.5) is 5.69 Å². The summed E-state index contributed by atoms with van der Waals surface area (Å²) in [5, 5.41) is 20.1. The van der Waals surface area contributed by atoms with Gasteiger partial charge in [-0.05, 0) is 12.1 Å². The van der Waals surface area contributed by atoms with Crippen LogP contribution in [0, 0.1) is 10.1 Å². The molecule has 0 radical (unpaired) electrons. The van der Waals surface area contributed by atoms with Crippen LogP contribution in [0.25, 0.3) is 0 Å². The topological polar surface area (TPSA) is 89.4 Å². The van der Waals surface area contributed by atoms with Crippen molar-refractivity contribution in [2.24, 2.45) is 5.73 Å². The van der Waals surface area contributed by atoms with E-state index in [4.69, 9.17) is 22.4 Å². The minimum absolute atomic E-state index is 0.0658. The lowest BCUT2D eigenvalue weighted by Gasteiger charge is -2.12. The van der Waals surface area contributed by atoms with Crippen molar-refractivity contribution in [2.75, 3.05) is 13.2 Å². The Morgan fingerprint density at radius 3 is 2.73 bits per heavy atom. The maximum Gasteiger partial charge on any atom is 0.273 e. The first-order valence-electron chi connectivity index (χ1n) is 4.35. The monoisotopic (exact) mass is 230 g/mol. The van der Waals surface area contributed by atoms with Crippen molar-refractivity contribution in [1.29, 1.82) is 0 Å². The van der Waals surface area contributed by atoms with Gasteiger partial charge in [0.15, 0.2) is 0 Å². The molecule has 1 unspecified atom stereocenters. The van der Waals surface area contributed by atoms with Crippen LogP contribution in [0.3, 0.4) is 0 Å². The molecule has 1 rings (SSSR count). The number of hydrogen-bond acceptors (Lipinski definition) is 4. The van der Waals surface area contributed by atoms with Gasteiger partial charge in [0.1, 0.15) is 0 Å². The summed E-state index contributed by atoms with van der Waals surface area (Å²) in [6.45, 7) is -0.102. The Kier molecular flexibility index (Phi) is 4.02. The van der Waals surface area contributed by atoms with E-state index in [2.05, 4.69) is 0 Å². The molecule has 5 nitrogen and oxygen atoms in total. The van der Waals surface area contributed by atoms with Crippen LogP contribution in [0.5, 0.6) is 0 Å². The van der Waals surface area contributed by atoms with Gasteiger partial charge in [-0.25, -0.2) is 0 Å². The summed E-state index contributed by atoms with van der Waals surface area (Å²) in [7, 11) is 0. The molecule has 0 aliphatic rings. The lowest BCUT2D eigenvalue weighted by Crippen LogP contribution is -2.17. The number of hydrogen-bond donors (Lipinski definition) is 2. The quantitative estimate of drug-likeness (QED) is 0.602. The van der Waals surface area contributed by atoms with Gasteiger partial charge in [0.25, 0.3) is 5.69 Å². The van der Waals surface area contributed by atoms with Crippen LogP contribution >= 0.6 is 11.6 Å². The third kappa shape index (κ3) is 2.65. The van der Waals surface area contributed by atoms with Crippen molar-refractivity contribution in [3.63, 3.8) is 0 Å². The van der Waals surface area contributed by atoms with Gasteiger partial charge in [-0.1, -0.05) is 11.6 Å². The average molecular weight is 231 g/mol. The fourth-order valence-corrected chi connectivity index (χ4v) is 1.50. The van der Waals surface area contributed by atoms with E-state index in [1.165, 1.54) is 18.2 Å². The van der Waals surface area contributed by atoms with E-state index in [0.29, 0.717) is 10.6 Å². The van der Waals surface area contributed by atoms with Crippen molar-refractivity contribution >= 4 is 17.3 Å². The van der Waals surface area contributed by atoms with Crippen LogP contribution in [-0.2, 0) is 0 Å². The van der Waals surface area contributed by atoms with Crippen LogP contribution in [-0.4, -0.2) is 23.2 Å². The Labute approximate surface area is 91.6 Å². The van der Waals surface area contributed by atoms with Gasteiger partial charge in [0, 0.05) is 29.1 Å². The molecule has 1 aromatic rings. The molecular formula is C9H11ClN2O3. The van der Waals surface area contributed by atoms with E-state index < -0.39 is 10.8 Å². The Hall–Kier alpha value is -1.17. The Morgan fingerprint density at radius 2 is 2.27 bits per heavy atom. The molecule has 6 heteroatoms. The third-order valence-corrected chi connectivity index (χ3v) is 2.37. The number of benzene rings is 1. The first kappa shape index (κ1) is 11.9. The summed E-state index contributed by atoms with van der Waals surface area (Å²) in [5.74, 6) is -0.455. The molecule has 15 heavy (non-hydrogen) atoms. The highest BCUT2D eigenvalue weighted by Crippen LogP contribution is 2.28. The largest absolute Gasteiger partial charge is 0.396 e. The lowest BCUT2D eigenvalue weighted by molar-refractivity contribution is -0.385. The van der Waals surface area contributed by atoms with E-state index >= 15 is 0 Å². The van der Waals surface area contributed by atoms with Gasteiger partial charge in [-0.15, -0.1) is 0 Å². The molecule has 0 aromatic heterocycles. The number of nitro groups is 1. The van der Waals surface area contributed by atoms with Crippen LogP contribution in [0.15, 0.2) is 18.2 Å². The van der Waals surface area contributed by atoms with Gasteiger partial charge < -0.3 is 10.8 Å². The molecule has 1 aromatic carbocycles. The second-order valence-corrected chi connectivity index (χ2v) is 3.51. The fraction of sp³-hybridized carbons (Fsp3) is 0.333. The van der Waals surface area contributed by atoms with Crippen molar-refractivity contribution in [2.45, 2.75) is 5.92 Å². The van der Waals surface area contributed by atoms with Crippen LogP contribution in [0.1, 0.15) is 11.5 Å². The number of aliphatic hydroxyl groups excluding tert-OH is 1. The molecule has 0 bridgehead atoms. The number of nitrogens with zero attached hydrogens (tertiary/aromatic N) is 1. The second-order valence-electron chi connectivity index (χ2n) is 3.08. The molecule has 0 amide bonds. The molecule has 0 saturated carbocycles. The first-order valence-corrected chi connectivity index (χ1v) is 4.72. The van der Waals surface area contributed by atoms with Crippen LogP contribution < -0.4 is 5.73 Å². The van der Waals surface area contributed by atoms with E-state index in [0.717, 1.165) is 0 Å². The van der Waals surface area contributed by atoms with Crippen molar-refractivity contribution in [3.8, 4) is 0 Å². The summed E-state index contributed by atoms with van der Waals surface area (Å²) in [6.07, 6.45) is 0. The summed E-state index contributed by atoms with van der Waals surface area (Å²) in [5.41, 5.74) is 5.72. The molecule has 0 spiro atoms. The summed E-state index contributed by atoms with van der Waals surface area (Å²) in [4.78, 5) is 10.2. The van der Waals surface area contributed by atoms with Crippen molar-refractivity contribution < 1.29 is 10.0 Å². The predicted molar refractivity (Wildman–Crippen MR) is 57.0 cm³/mol. The van der Waals surface area contributed by atoms with E-state index in [-0.39, 0.29) is 18.8 Å². The smallest absolute Gasteiger partial charge is 0.273 e. The molecule has 1 atom stereocenters. The zero-order valence-corrected chi connectivity index (χ0v) is 8.65. The maximum atomic E-state index is 10.7. The summed E-state index contributed by atoms with van der Waals surface area (Å²) >= 11 is 5.73. The summed E-state index contributed by atoms with van der Waals surface area (Å²) < 4.78 is 0. The standard InChI is InChI=1S/C9H11ClN2O3/c10-7-1-2-9(12(14)15)8(3-7)6(4-11)5-13/h1-3,6,13H,4-5,11H2. The number of nitrogens with two attached hydrogens (primary N) is 1. The van der Waals surface area contributed by atoms with Crippen molar-refractivity contribution in [3.05, 3.63) is 38.9 Å². The van der Waals surface area contributed by atoms with Gasteiger partial charge in [0.2, 0.25) is 0 Å². The molecule has 0 aliphatic heterocycles. The maximum absolute atomic E-state index is 10.7. The van der Waals surface area contributed by atoms with E-state index in [9.17, 15) is 10.1 Å². The highest BCUT2D eigenvalue weighted by Gasteiger charge is 2.20. The minimum atomic E-state index is -0.510.